The molecular weight excluding hydrogens is 324 g/mol. The third-order valence-electron chi connectivity index (χ3n) is 3.73. The lowest BCUT2D eigenvalue weighted by atomic mass is 10.1. The van der Waals surface area contributed by atoms with Crippen molar-refractivity contribution in [2.45, 2.75) is 32.1 Å². The number of benzene rings is 2. The number of anilines is 1. The van der Waals surface area contributed by atoms with Crippen LogP contribution in [0.5, 0.6) is 0 Å². The number of hydrogen-bond donors (Lipinski definition) is 2. The Hall–Kier alpha value is -2.18. The summed E-state index contributed by atoms with van der Waals surface area (Å²) in [7, 11) is -3.70. The minimum Gasteiger partial charge on any atom is -0.325 e. The first-order valence-corrected chi connectivity index (χ1v) is 9.26. The van der Waals surface area contributed by atoms with E-state index in [9.17, 15) is 13.2 Å². The summed E-state index contributed by atoms with van der Waals surface area (Å²) >= 11 is 0. The number of amides is 1. The Morgan fingerprint density at radius 3 is 2.33 bits per heavy atom. The van der Waals surface area contributed by atoms with Crippen molar-refractivity contribution in [1.29, 1.82) is 0 Å². The van der Waals surface area contributed by atoms with Gasteiger partial charge in [0.15, 0.2) is 0 Å². The molecule has 0 bridgehead atoms. The van der Waals surface area contributed by atoms with Gasteiger partial charge in [0.25, 0.3) is 0 Å². The maximum Gasteiger partial charge on any atom is 0.241 e. The largest absolute Gasteiger partial charge is 0.325 e. The number of nitrogens with one attached hydrogen (secondary N) is 2. The second-order valence-corrected chi connectivity index (χ2v) is 7.46. The summed E-state index contributed by atoms with van der Waals surface area (Å²) < 4.78 is 26.8. The predicted octanol–water partition coefficient (Wildman–Crippen LogP) is 2.78. The highest BCUT2D eigenvalue weighted by Crippen LogP contribution is 2.16. The first-order valence-electron chi connectivity index (χ1n) is 7.77. The molecule has 0 saturated carbocycles. The Balaban J connectivity index is 2.00. The first kappa shape index (κ1) is 18.2. The lowest BCUT2D eigenvalue weighted by molar-refractivity contribution is -0.115. The maximum atomic E-state index is 12.2. The number of rotatable bonds is 6. The normalized spacial score (nSPS) is 11.3. The molecule has 0 aromatic heterocycles. The van der Waals surface area contributed by atoms with Crippen molar-refractivity contribution in [3.8, 4) is 0 Å². The summed E-state index contributed by atoms with van der Waals surface area (Å²) in [5, 5.41) is 2.73. The van der Waals surface area contributed by atoms with Crippen molar-refractivity contribution in [2.24, 2.45) is 0 Å². The minimum absolute atomic E-state index is 0.152. The molecule has 1 amide bonds. The van der Waals surface area contributed by atoms with E-state index in [0.29, 0.717) is 5.69 Å². The zero-order valence-electron chi connectivity index (χ0n) is 14.1. The molecule has 2 rings (SSSR count). The first-order chi connectivity index (χ1) is 11.3. The molecule has 0 heterocycles. The van der Waals surface area contributed by atoms with Gasteiger partial charge in [-0.3, -0.25) is 4.79 Å². The average Bonchev–Trinajstić information content (AvgIpc) is 2.56. The van der Waals surface area contributed by atoms with Crippen molar-refractivity contribution in [1.82, 2.24) is 4.72 Å². The van der Waals surface area contributed by atoms with E-state index in [-0.39, 0.29) is 11.4 Å². The second-order valence-electron chi connectivity index (χ2n) is 5.69. The van der Waals surface area contributed by atoms with E-state index in [2.05, 4.69) is 10.0 Å². The SMILES string of the molecule is CCc1ccc(S(=O)(=O)NCC(=O)Nc2cc(C)ccc2C)cc1. The molecule has 2 aromatic rings. The maximum absolute atomic E-state index is 12.2. The molecule has 0 unspecified atom stereocenters. The van der Waals surface area contributed by atoms with Gasteiger partial charge in [-0.05, 0) is 55.2 Å². The summed E-state index contributed by atoms with van der Waals surface area (Å²) in [5.41, 5.74) is 3.69. The Morgan fingerprint density at radius 1 is 1.04 bits per heavy atom. The molecule has 0 spiro atoms. The van der Waals surface area contributed by atoms with Gasteiger partial charge in [0.05, 0.1) is 11.4 Å². The molecule has 0 saturated heterocycles. The summed E-state index contributed by atoms with van der Waals surface area (Å²) in [6, 6.07) is 12.3. The van der Waals surface area contributed by atoms with Gasteiger partial charge in [-0.15, -0.1) is 0 Å². The number of sulfonamides is 1. The fourth-order valence-corrected chi connectivity index (χ4v) is 3.20. The molecule has 2 aromatic carbocycles. The van der Waals surface area contributed by atoms with E-state index in [1.165, 1.54) is 0 Å². The quantitative estimate of drug-likeness (QED) is 0.844. The van der Waals surface area contributed by atoms with Gasteiger partial charge in [0, 0.05) is 5.69 Å². The number of carbonyl (C=O) groups excluding carboxylic acids is 1. The van der Waals surface area contributed by atoms with Gasteiger partial charge < -0.3 is 5.32 Å². The highest BCUT2D eigenvalue weighted by molar-refractivity contribution is 7.89. The zero-order valence-corrected chi connectivity index (χ0v) is 14.9. The van der Waals surface area contributed by atoms with Crippen molar-refractivity contribution in [3.63, 3.8) is 0 Å². The lowest BCUT2D eigenvalue weighted by Crippen LogP contribution is -2.33. The molecule has 0 fully saturated rings. The van der Waals surface area contributed by atoms with E-state index >= 15 is 0 Å². The molecule has 0 atom stereocenters. The summed E-state index contributed by atoms with van der Waals surface area (Å²) in [5.74, 6) is -0.405. The molecular formula is C18H22N2O3S. The zero-order chi connectivity index (χ0) is 17.7. The van der Waals surface area contributed by atoms with Crippen LogP contribution in [0.4, 0.5) is 5.69 Å². The molecule has 0 aliphatic carbocycles. The van der Waals surface area contributed by atoms with Crippen LogP contribution in [0.3, 0.4) is 0 Å². The smallest absolute Gasteiger partial charge is 0.241 e. The van der Waals surface area contributed by atoms with Crippen LogP contribution in [-0.2, 0) is 21.2 Å². The van der Waals surface area contributed by atoms with E-state index < -0.39 is 15.9 Å². The van der Waals surface area contributed by atoms with Crippen LogP contribution in [0.25, 0.3) is 0 Å². The molecule has 128 valence electrons. The lowest BCUT2D eigenvalue weighted by Gasteiger charge is -2.10. The van der Waals surface area contributed by atoms with Crippen molar-refractivity contribution in [3.05, 3.63) is 59.2 Å². The monoisotopic (exact) mass is 346 g/mol. The van der Waals surface area contributed by atoms with Crippen LogP contribution >= 0.6 is 0 Å². The highest BCUT2D eigenvalue weighted by atomic mass is 32.2. The van der Waals surface area contributed by atoms with Crippen LogP contribution in [0.1, 0.15) is 23.6 Å². The molecule has 2 N–H and O–H groups in total. The van der Waals surface area contributed by atoms with Crippen molar-refractivity contribution < 1.29 is 13.2 Å². The molecule has 5 nitrogen and oxygen atoms in total. The van der Waals surface area contributed by atoms with Gasteiger partial charge >= 0.3 is 0 Å². The molecule has 0 radical (unpaired) electrons. The molecule has 6 heteroatoms. The summed E-state index contributed by atoms with van der Waals surface area (Å²) in [6.07, 6.45) is 0.839. The fourth-order valence-electron chi connectivity index (χ4n) is 2.21. The highest BCUT2D eigenvalue weighted by Gasteiger charge is 2.15. The van der Waals surface area contributed by atoms with Crippen molar-refractivity contribution in [2.75, 3.05) is 11.9 Å². The van der Waals surface area contributed by atoms with Gasteiger partial charge in [0.1, 0.15) is 0 Å². The van der Waals surface area contributed by atoms with Gasteiger partial charge in [-0.25, -0.2) is 13.1 Å². The van der Waals surface area contributed by atoms with Gasteiger partial charge in [-0.2, -0.15) is 0 Å². The Bertz CT molecular complexity index is 828. The Kier molecular flexibility index (Phi) is 5.75. The van der Waals surface area contributed by atoms with Gasteiger partial charge in [-0.1, -0.05) is 31.2 Å². The Labute approximate surface area is 143 Å². The predicted molar refractivity (Wildman–Crippen MR) is 95.6 cm³/mol. The minimum atomic E-state index is -3.70. The van der Waals surface area contributed by atoms with Crippen LogP contribution in [-0.4, -0.2) is 20.9 Å². The second kappa shape index (κ2) is 7.59. The van der Waals surface area contributed by atoms with Crippen LogP contribution in [0, 0.1) is 13.8 Å². The third-order valence-corrected chi connectivity index (χ3v) is 5.15. The van der Waals surface area contributed by atoms with Crippen LogP contribution in [0.2, 0.25) is 0 Å². The van der Waals surface area contributed by atoms with Crippen LogP contribution < -0.4 is 10.0 Å². The Morgan fingerprint density at radius 2 is 1.71 bits per heavy atom. The fraction of sp³-hybridized carbons (Fsp3) is 0.278. The molecule has 0 aliphatic heterocycles. The molecule has 0 aliphatic rings. The molecule has 24 heavy (non-hydrogen) atoms. The van der Waals surface area contributed by atoms with E-state index in [1.807, 2.05) is 39.0 Å². The summed E-state index contributed by atoms with van der Waals surface area (Å²) in [4.78, 5) is 12.2. The van der Waals surface area contributed by atoms with Gasteiger partial charge in [0.2, 0.25) is 15.9 Å². The standard InChI is InChI=1S/C18H22N2O3S/c1-4-15-7-9-16(10-8-15)24(22,23)19-12-18(21)20-17-11-13(2)5-6-14(17)3/h5-11,19H,4,12H2,1-3H3,(H,20,21). The van der Waals surface area contributed by atoms with E-state index in [4.69, 9.17) is 0 Å². The number of carbonyl (C=O) groups is 1. The van der Waals surface area contributed by atoms with E-state index in [0.717, 1.165) is 23.1 Å². The third kappa shape index (κ3) is 4.66. The topological polar surface area (TPSA) is 75.3 Å². The number of hydrogen-bond acceptors (Lipinski definition) is 3. The average molecular weight is 346 g/mol. The van der Waals surface area contributed by atoms with Crippen molar-refractivity contribution >= 4 is 21.6 Å². The summed E-state index contributed by atoms with van der Waals surface area (Å²) in [6.45, 7) is 5.50. The van der Waals surface area contributed by atoms with E-state index in [1.54, 1.807) is 24.3 Å². The number of aryl methyl sites for hydroxylation is 3. The van der Waals surface area contributed by atoms with Crippen LogP contribution in [0.15, 0.2) is 47.4 Å².